The lowest BCUT2D eigenvalue weighted by atomic mass is 10.2. The number of hydrogen-bond acceptors (Lipinski definition) is 4. The molecule has 2 atom stereocenters. The lowest BCUT2D eigenvalue weighted by Gasteiger charge is -2.25. The molecule has 8 heteroatoms. The Bertz CT molecular complexity index is 713. The van der Waals surface area contributed by atoms with Gasteiger partial charge in [0.2, 0.25) is 10.0 Å². The molecule has 0 N–H and O–H groups in total. The van der Waals surface area contributed by atoms with Gasteiger partial charge in [-0.2, -0.15) is 9.57 Å². The molecule has 1 fully saturated rings. The molecule has 1 saturated heterocycles. The van der Waals surface area contributed by atoms with Crippen molar-refractivity contribution in [3.8, 4) is 6.07 Å². The normalized spacial score (nSPS) is 24.2. The number of nitrogens with zero attached hydrogens (tertiary/aromatic N) is 2. The van der Waals surface area contributed by atoms with E-state index < -0.39 is 26.6 Å². The van der Waals surface area contributed by atoms with Gasteiger partial charge in [0, 0.05) is 34.9 Å². The summed E-state index contributed by atoms with van der Waals surface area (Å²) in [6.07, 6.45) is 0.512. The Balaban J connectivity index is 2.41. The Hall–Kier alpha value is -1.30. The summed E-state index contributed by atoms with van der Waals surface area (Å²) < 4.78 is 51.4. The van der Waals surface area contributed by atoms with E-state index in [-0.39, 0.29) is 28.8 Å². The van der Waals surface area contributed by atoms with Crippen molar-refractivity contribution in [2.75, 3.05) is 18.1 Å². The highest BCUT2D eigenvalue weighted by atomic mass is 32.2. The number of sulfonamides is 1. The van der Waals surface area contributed by atoms with Crippen LogP contribution in [0.5, 0.6) is 0 Å². The summed E-state index contributed by atoms with van der Waals surface area (Å²) in [5, 5.41) is 8.81. The van der Waals surface area contributed by atoms with Crippen LogP contribution in [0.1, 0.15) is 18.9 Å². The molecule has 1 heterocycles. The smallest absolute Gasteiger partial charge is 0.243 e. The Morgan fingerprint density at radius 1 is 1.43 bits per heavy atom. The summed E-state index contributed by atoms with van der Waals surface area (Å²) in [6.45, 7) is 1.92. The van der Waals surface area contributed by atoms with E-state index in [1.165, 1.54) is 4.31 Å². The molecule has 114 valence electrons. The van der Waals surface area contributed by atoms with Gasteiger partial charge in [-0.05, 0) is 31.5 Å². The highest BCUT2D eigenvalue weighted by molar-refractivity contribution is 7.89. The first-order valence-corrected chi connectivity index (χ1v) is 9.35. The third-order valence-corrected chi connectivity index (χ3v) is 6.80. The minimum Gasteiger partial charge on any atom is -0.260 e. The molecule has 1 aliphatic rings. The summed E-state index contributed by atoms with van der Waals surface area (Å²) in [4.78, 5) is -0.111. The molecule has 0 aromatic heterocycles. The van der Waals surface area contributed by atoms with E-state index in [1.54, 1.807) is 13.0 Å². The van der Waals surface area contributed by atoms with Gasteiger partial charge >= 0.3 is 0 Å². The van der Waals surface area contributed by atoms with Crippen LogP contribution in [0.2, 0.25) is 0 Å². The van der Waals surface area contributed by atoms with Gasteiger partial charge in [-0.15, -0.1) is 0 Å². The van der Waals surface area contributed by atoms with E-state index >= 15 is 0 Å². The number of halogens is 1. The van der Waals surface area contributed by atoms with Gasteiger partial charge in [0.25, 0.3) is 0 Å². The van der Waals surface area contributed by atoms with Crippen LogP contribution >= 0.6 is 0 Å². The van der Waals surface area contributed by atoms with E-state index in [1.807, 2.05) is 0 Å². The van der Waals surface area contributed by atoms with Crippen LogP contribution in [0, 0.1) is 17.1 Å². The Morgan fingerprint density at radius 2 is 2.14 bits per heavy atom. The zero-order valence-corrected chi connectivity index (χ0v) is 13.1. The number of nitriles is 1. The van der Waals surface area contributed by atoms with E-state index in [9.17, 15) is 17.0 Å². The summed E-state index contributed by atoms with van der Waals surface area (Å²) >= 11 is 0. The zero-order valence-electron chi connectivity index (χ0n) is 11.5. The van der Waals surface area contributed by atoms with Crippen molar-refractivity contribution in [1.82, 2.24) is 4.31 Å². The third-order valence-electron chi connectivity index (χ3n) is 3.46. The average molecular weight is 330 g/mol. The van der Waals surface area contributed by atoms with E-state index in [0.29, 0.717) is 12.2 Å². The van der Waals surface area contributed by atoms with Crippen LogP contribution in [0.4, 0.5) is 4.39 Å². The van der Waals surface area contributed by atoms with Crippen molar-refractivity contribution in [2.45, 2.75) is 24.3 Å². The molecule has 2 rings (SSSR count). The fraction of sp³-hybridized carbons (Fsp3) is 0.462. The van der Waals surface area contributed by atoms with Gasteiger partial charge < -0.3 is 0 Å². The van der Waals surface area contributed by atoms with Crippen molar-refractivity contribution in [2.24, 2.45) is 0 Å². The molecule has 0 aliphatic carbocycles. The van der Waals surface area contributed by atoms with Crippen molar-refractivity contribution in [1.29, 1.82) is 5.26 Å². The largest absolute Gasteiger partial charge is 0.260 e. The molecule has 5 nitrogen and oxygen atoms in total. The van der Waals surface area contributed by atoms with Gasteiger partial charge in [-0.1, -0.05) is 0 Å². The highest BCUT2D eigenvalue weighted by Gasteiger charge is 2.31. The molecule has 0 bridgehead atoms. The number of benzene rings is 1. The second-order valence-electron chi connectivity index (χ2n) is 4.85. The molecule has 0 amide bonds. The summed E-state index contributed by atoms with van der Waals surface area (Å²) in [5.41, 5.74) is -0.304. The minimum absolute atomic E-state index is 0.111. The van der Waals surface area contributed by atoms with Crippen LogP contribution in [0.3, 0.4) is 0 Å². The van der Waals surface area contributed by atoms with E-state index in [0.717, 1.165) is 18.2 Å². The molecular weight excluding hydrogens is 315 g/mol. The zero-order chi connectivity index (χ0) is 15.6. The van der Waals surface area contributed by atoms with Crippen molar-refractivity contribution in [3.05, 3.63) is 29.6 Å². The van der Waals surface area contributed by atoms with Crippen molar-refractivity contribution >= 4 is 20.8 Å². The molecule has 21 heavy (non-hydrogen) atoms. The quantitative estimate of drug-likeness (QED) is 0.817. The fourth-order valence-electron chi connectivity index (χ4n) is 2.20. The van der Waals surface area contributed by atoms with Crippen LogP contribution in [-0.2, 0) is 20.8 Å². The molecule has 1 aromatic carbocycles. The third kappa shape index (κ3) is 3.31. The van der Waals surface area contributed by atoms with Gasteiger partial charge in [0.15, 0.2) is 0 Å². The van der Waals surface area contributed by atoms with Gasteiger partial charge in [0.1, 0.15) is 11.9 Å². The average Bonchev–Trinajstić information content (AvgIpc) is 2.61. The molecular formula is C13H15FN2O3S2. The molecule has 0 unspecified atom stereocenters. The first kappa shape index (κ1) is 16.1. The summed E-state index contributed by atoms with van der Waals surface area (Å²) in [7, 11) is -4.84. The maximum Gasteiger partial charge on any atom is 0.243 e. The molecule has 0 spiro atoms. The maximum atomic E-state index is 13.3. The van der Waals surface area contributed by atoms with Crippen LogP contribution in [0.25, 0.3) is 0 Å². The fourth-order valence-corrected chi connectivity index (χ4v) is 5.22. The van der Waals surface area contributed by atoms with Crippen LogP contribution in [-0.4, -0.2) is 41.0 Å². The molecule has 0 radical (unpaired) electrons. The van der Waals surface area contributed by atoms with Gasteiger partial charge in [-0.25, -0.2) is 12.8 Å². The second-order valence-corrected chi connectivity index (χ2v) is 8.44. The number of hydrogen-bond donors (Lipinski definition) is 0. The van der Waals surface area contributed by atoms with E-state index in [2.05, 4.69) is 0 Å². The Kier molecular flexibility index (Phi) is 4.76. The van der Waals surface area contributed by atoms with Crippen molar-refractivity contribution < 1.29 is 17.0 Å². The highest BCUT2D eigenvalue weighted by Crippen LogP contribution is 2.23. The predicted molar refractivity (Wildman–Crippen MR) is 77.0 cm³/mol. The van der Waals surface area contributed by atoms with Crippen LogP contribution in [0.15, 0.2) is 23.1 Å². The van der Waals surface area contributed by atoms with Gasteiger partial charge in [-0.3, -0.25) is 4.21 Å². The monoisotopic (exact) mass is 330 g/mol. The first-order valence-electron chi connectivity index (χ1n) is 6.42. The number of rotatable bonds is 2. The predicted octanol–water partition coefficient (Wildman–Crippen LogP) is 1.23. The SMILES string of the molecule is C[C@@H]1CC[S@@](=O)CCN1S(=O)(=O)c1ccc(F)c(C#N)c1. The lowest BCUT2D eigenvalue weighted by Crippen LogP contribution is -2.39. The molecule has 1 aromatic rings. The van der Waals surface area contributed by atoms with Gasteiger partial charge in [0.05, 0.1) is 10.5 Å². The maximum absolute atomic E-state index is 13.3. The Morgan fingerprint density at radius 3 is 2.81 bits per heavy atom. The summed E-state index contributed by atoms with van der Waals surface area (Å²) in [6, 6.07) is 4.53. The standard InChI is InChI=1S/C13H15FN2O3S2/c1-10-4-6-20(17)7-5-16(10)21(18,19)12-2-3-13(14)11(8-12)9-15/h2-3,8,10H,4-7H2,1H3/t10-,20-/m1/s1. The summed E-state index contributed by atoms with van der Waals surface area (Å²) in [5.74, 6) is 0.0112. The van der Waals surface area contributed by atoms with Crippen LogP contribution < -0.4 is 0 Å². The van der Waals surface area contributed by atoms with Crippen molar-refractivity contribution in [3.63, 3.8) is 0 Å². The minimum atomic E-state index is -3.83. The first-order chi connectivity index (χ1) is 9.86. The second kappa shape index (κ2) is 6.22. The lowest BCUT2D eigenvalue weighted by molar-refractivity contribution is 0.350. The topological polar surface area (TPSA) is 78.2 Å². The molecule has 0 saturated carbocycles. The van der Waals surface area contributed by atoms with E-state index in [4.69, 9.17) is 5.26 Å². The molecule has 1 aliphatic heterocycles. The Labute approximate surface area is 125 Å².